The van der Waals surface area contributed by atoms with Gasteiger partial charge < -0.3 is 18.9 Å². The first kappa shape index (κ1) is 21.6. The fourth-order valence-corrected chi connectivity index (χ4v) is 3.31. The molecule has 1 aliphatic rings. The molecule has 0 radical (unpaired) electrons. The lowest BCUT2D eigenvalue weighted by Crippen LogP contribution is -2.08. The summed E-state index contributed by atoms with van der Waals surface area (Å²) in [6, 6.07) is 14.8. The number of rotatable bonds is 6. The number of fused-ring (bicyclic) bond motifs is 1. The normalized spacial score (nSPS) is 13.3. The van der Waals surface area contributed by atoms with Crippen LogP contribution in [-0.4, -0.2) is 30.9 Å². The van der Waals surface area contributed by atoms with E-state index >= 15 is 0 Å². The summed E-state index contributed by atoms with van der Waals surface area (Å²) in [4.78, 5) is 35.5. The number of para-hydroxylation sites is 1. The number of hydrogen-bond acceptors (Lipinski definition) is 8. The Hall–Kier alpha value is -4.66. The van der Waals surface area contributed by atoms with E-state index in [1.54, 1.807) is 24.3 Å². The maximum atomic E-state index is 12.8. The molecule has 3 aromatic carbocycles. The van der Waals surface area contributed by atoms with E-state index in [0.29, 0.717) is 22.6 Å². The third-order valence-corrected chi connectivity index (χ3v) is 4.86. The number of esters is 1. The van der Waals surface area contributed by atoms with Crippen LogP contribution >= 0.6 is 0 Å². The first-order valence-corrected chi connectivity index (χ1v) is 9.67. The summed E-state index contributed by atoms with van der Waals surface area (Å²) in [6.07, 6.45) is 1.54. The highest BCUT2D eigenvalue weighted by atomic mass is 16.6. The SMILES string of the molecule is COc1cccc(C=C2Oc3cc(OC(=O)c4cccc([N+](=O)[O-])c4)ccc3C2=O)c1OC. The van der Waals surface area contributed by atoms with Crippen molar-refractivity contribution in [2.45, 2.75) is 0 Å². The van der Waals surface area contributed by atoms with Gasteiger partial charge in [-0.3, -0.25) is 14.9 Å². The minimum atomic E-state index is -0.778. The number of methoxy groups -OCH3 is 2. The molecular weight excluding hydrogens is 430 g/mol. The van der Waals surface area contributed by atoms with Gasteiger partial charge in [-0.2, -0.15) is 0 Å². The molecule has 0 saturated carbocycles. The van der Waals surface area contributed by atoms with Gasteiger partial charge in [0.05, 0.1) is 30.3 Å². The fraction of sp³-hybridized carbons (Fsp3) is 0.0833. The van der Waals surface area contributed by atoms with Crippen LogP contribution in [0.4, 0.5) is 5.69 Å². The van der Waals surface area contributed by atoms with Gasteiger partial charge in [0.25, 0.3) is 5.69 Å². The van der Waals surface area contributed by atoms with Crippen molar-refractivity contribution in [1.29, 1.82) is 0 Å². The van der Waals surface area contributed by atoms with Gasteiger partial charge in [-0.05, 0) is 30.3 Å². The molecule has 0 saturated heterocycles. The molecule has 0 spiro atoms. The van der Waals surface area contributed by atoms with Crippen molar-refractivity contribution in [2.24, 2.45) is 0 Å². The molecular formula is C24H17NO8. The number of nitro groups is 1. The van der Waals surface area contributed by atoms with E-state index < -0.39 is 10.9 Å². The first-order chi connectivity index (χ1) is 15.9. The van der Waals surface area contributed by atoms with Crippen molar-refractivity contribution in [3.63, 3.8) is 0 Å². The van der Waals surface area contributed by atoms with Gasteiger partial charge in [0, 0.05) is 23.8 Å². The van der Waals surface area contributed by atoms with Crippen LogP contribution in [0.5, 0.6) is 23.0 Å². The Morgan fingerprint density at radius 3 is 2.55 bits per heavy atom. The fourth-order valence-electron chi connectivity index (χ4n) is 3.31. The number of nitrogens with zero attached hydrogens (tertiary/aromatic N) is 1. The molecule has 0 bridgehead atoms. The summed E-state index contributed by atoms with van der Waals surface area (Å²) in [5.41, 5.74) is 0.686. The molecule has 0 fully saturated rings. The highest BCUT2D eigenvalue weighted by Gasteiger charge is 2.29. The average molecular weight is 447 g/mol. The molecule has 0 unspecified atom stereocenters. The third-order valence-electron chi connectivity index (χ3n) is 4.86. The molecule has 166 valence electrons. The lowest BCUT2D eigenvalue weighted by molar-refractivity contribution is -0.384. The van der Waals surface area contributed by atoms with Crippen LogP contribution < -0.4 is 18.9 Å². The number of ether oxygens (including phenoxy) is 4. The van der Waals surface area contributed by atoms with Crippen LogP contribution in [0.2, 0.25) is 0 Å². The lowest BCUT2D eigenvalue weighted by atomic mass is 10.1. The van der Waals surface area contributed by atoms with Gasteiger partial charge >= 0.3 is 5.97 Å². The zero-order chi connectivity index (χ0) is 23.5. The van der Waals surface area contributed by atoms with Gasteiger partial charge in [-0.15, -0.1) is 0 Å². The van der Waals surface area contributed by atoms with Gasteiger partial charge in [0.15, 0.2) is 17.3 Å². The van der Waals surface area contributed by atoms with Gasteiger partial charge in [0.2, 0.25) is 5.78 Å². The number of nitro benzene ring substituents is 1. The second-order valence-corrected chi connectivity index (χ2v) is 6.88. The Balaban J connectivity index is 1.57. The van der Waals surface area contributed by atoms with Crippen LogP contribution in [0.3, 0.4) is 0 Å². The zero-order valence-corrected chi connectivity index (χ0v) is 17.6. The second kappa shape index (κ2) is 8.83. The molecule has 1 heterocycles. The van der Waals surface area contributed by atoms with Crippen LogP contribution in [0.25, 0.3) is 6.08 Å². The summed E-state index contributed by atoms with van der Waals surface area (Å²) in [7, 11) is 3.01. The Morgan fingerprint density at radius 1 is 1.03 bits per heavy atom. The predicted octanol–water partition coefficient (Wildman–Crippen LogP) is 4.45. The summed E-state index contributed by atoms with van der Waals surface area (Å²) >= 11 is 0. The molecule has 0 atom stereocenters. The van der Waals surface area contributed by atoms with Gasteiger partial charge in [-0.1, -0.05) is 18.2 Å². The largest absolute Gasteiger partial charge is 0.493 e. The number of carbonyl (C=O) groups excluding carboxylic acids is 2. The number of non-ortho nitro benzene ring substituents is 1. The van der Waals surface area contributed by atoms with E-state index in [2.05, 4.69) is 0 Å². The number of hydrogen-bond donors (Lipinski definition) is 0. The highest BCUT2D eigenvalue weighted by Crippen LogP contribution is 2.37. The van der Waals surface area contributed by atoms with Crippen molar-refractivity contribution in [2.75, 3.05) is 14.2 Å². The van der Waals surface area contributed by atoms with Crippen molar-refractivity contribution < 1.29 is 33.5 Å². The Morgan fingerprint density at radius 2 is 1.82 bits per heavy atom. The van der Waals surface area contributed by atoms with Crippen LogP contribution in [0.1, 0.15) is 26.3 Å². The van der Waals surface area contributed by atoms with E-state index in [-0.39, 0.29) is 34.3 Å². The van der Waals surface area contributed by atoms with Crippen LogP contribution in [0, 0.1) is 10.1 Å². The van der Waals surface area contributed by atoms with E-state index in [0.717, 1.165) is 6.07 Å². The van der Waals surface area contributed by atoms with Crippen molar-refractivity contribution in [3.8, 4) is 23.0 Å². The average Bonchev–Trinajstić information content (AvgIpc) is 3.13. The monoisotopic (exact) mass is 447 g/mol. The highest BCUT2D eigenvalue weighted by molar-refractivity contribution is 6.14. The lowest BCUT2D eigenvalue weighted by Gasteiger charge is -2.10. The topological polar surface area (TPSA) is 114 Å². The van der Waals surface area contributed by atoms with Gasteiger partial charge in [0.1, 0.15) is 11.5 Å². The zero-order valence-electron chi connectivity index (χ0n) is 17.6. The van der Waals surface area contributed by atoms with Crippen molar-refractivity contribution in [1.82, 2.24) is 0 Å². The van der Waals surface area contributed by atoms with E-state index in [4.69, 9.17) is 18.9 Å². The number of Topliss-reactive ketones (excluding diaryl/α,β-unsaturated/α-hetero) is 1. The van der Waals surface area contributed by atoms with Crippen LogP contribution in [-0.2, 0) is 0 Å². The Labute approximate surface area is 187 Å². The molecule has 1 aliphatic heterocycles. The minimum absolute atomic E-state index is 0.0207. The minimum Gasteiger partial charge on any atom is -0.493 e. The van der Waals surface area contributed by atoms with Gasteiger partial charge in [-0.25, -0.2) is 4.79 Å². The summed E-state index contributed by atoms with van der Waals surface area (Å²) < 4.78 is 21.7. The standard InChI is InChI=1S/C24H17NO8/c1-30-19-8-4-5-14(23(19)31-2)12-21-22(26)18-10-9-17(13-20(18)33-21)32-24(27)15-6-3-7-16(11-15)25(28)29/h3-13H,1-2H3. The smallest absolute Gasteiger partial charge is 0.343 e. The first-order valence-electron chi connectivity index (χ1n) is 9.67. The van der Waals surface area contributed by atoms with E-state index in [9.17, 15) is 19.7 Å². The molecule has 9 heteroatoms. The molecule has 0 amide bonds. The van der Waals surface area contributed by atoms with E-state index in [1.165, 1.54) is 50.6 Å². The number of ketones is 1. The molecule has 0 aromatic heterocycles. The summed E-state index contributed by atoms with van der Waals surface area (Å²) in [6.45, 7) is 0. The molecule has 33 heavy (non-hydrogen) atoms. The molecule has 3 aromatic rings. The summed E-state index contributed by atoms with van der Waals surface area (Å²) in [5.74, 6) is 0.248. The second-order valence-electron chi connectivity index (χ2n) is 6.88. The maximum absolute atomic E-state index is 12.8. The predicted molar refractivity (Wildman–Crippen MR) is 117 cm³/mol. The quantitative estimate of drug-likeness (QED) is 0.179. The molecule has 0 aliphatic carbocycles. The maximum Gasteiger partial charge on any atom is 0.343 e. The molecule has 9 nitrogen and oxygen atoms in total. The van der Waals surface area contributed by atoms with Crippen molar-refractivity contribution >= 4 is 23.5 Å². The van der Waals surface area contributed by atoms with Crippen LogP contribution in [0.15, 0.2) is 66.4 Å². The number of allylic oxidation sites excluding steroid dienone is 1. The molecule has 0 N–H and O–H groups in total. The summed E-state index contributed by atoms with van der Waals surface area (Å²) in [5, 5.41) is 10.9. The Bertz CT molecular complexity index is 1310. The van der Waals surface area contributed by atoms with Crippen molar-refractivity contribution in [3.05, 3.63) is 93.2 Å². The number of carbonyl (C=O) groups is 2. The Kier molecular flexibility index (Phi) is 5.77. The number of benzene rings is 3. The van der Waals surface area contributed by atoms with E-state index in [1.807, 2.05) is 0 Å². The third kappa shape index (κ3) is 4.24. The molecule has 4 rings (SSSR count).